The van der Waals surface area contributed by atoms with Crippen LogP contribution in [0.5, 0.6) is 0 Å². The molecule has 6 heteroatoms. The molecular formula is C16H28N2O4. The van der Waals surface area contributed by atoms with Crippen molar-refractivity contribution in [3.05, 3.63) is 0 Å². The van der Waals surface area contributed by atoms with Crippen LogP contribution in [0, 0.1) is 5.92 Å². The molecule has 2 aliphatic heterocycles. The number of carboxylic acid groups (broad SMARTS) is 1. The lowest BCUT2D eigenvalue weighted by atomic mass is 9.74. The number of carbonyl (C=O) groups is 2. The number of nitrogens with zero attached hydrogens (tertiary/aromatic N) is 2. The Morgan fingerprint density at radius 1 is 1.18 bits per heavy atom. The Kier molecular flexibility index (Phi) is 4.70. The Labute approximate surface area is 132 Å². The van der Waals surface area contributed by atoms with Crippen LogP contribution in [-0.4, -0.2) is 64.8 Å². The molecule has 0 radical (unpaired) electrons. The van der Waals surface area contributed by atoms with Gasteiger partial charge in [0.05, 0.1) is 5.92 Å². The Bertz CT molecular complexity index is 436. The number of likely N-dealkylation sites (tertiary alicyclic amines) is 2. The molecule has 2 saturated heterocycles. The first-order valence-corrected chi connectivity index (χ1v) is 8.05. The predicted molar refractivity (Wildman–Crippen MR) is 82.8 cm³/mol. The molecule has 0 bridgehead atoms. The fourth-order valence-electron chi connectivity index (χ4n) is 3.51. The number of hydrogen-bond acceptors (Lipinski definition) is 4. The monoisotopic (exact) mass is 312 g/mol. The van der Waals surface area contributed by atoms with Gasteiger partial charge in [-0.25, -0.2) is 4.79 Å². The first-order chi connectivity index (χ1) is 10.1. The first kappa shape index (κ1) is 17.1. The molecule has 126 valence electrons. The van der Waals surface area contributed by atoms with Crippen LogP contribution in [0.2, 0.25) is 0 Å². The highest BCUT2D eigenvalue weighted by Gasteiger charge is 2.48. The van der Waals surface area contributed by atoms with E-state index in [1.807, 2.05) is 25.7 Å². The van der Waals surface area contributed by atoms with Gasteiger partial charge >= 0.3 is 12.1 Å². The minimum Gasteiger partial charge on any atom is -0.481 e. The van der Waals surface area contributed by atoms with E-state index in [-0.39, 0.29) is 17.6 Å². The van der Waals surface area contributed by atoms with Crippen LogP contribution in [0.3, 0.4) is 0 Å². The quantitative estimate of drug-likeness (QED) is 0.803. The zero-order valence-electron chi connectivity index (χ0n) is 14.1. The lowest BCUT2D eigenvalue weighted by molar-refractivity contribution is -0.146. The van der Waals surface area contributed by atoms with E-state index in [4.69, 9.17) is 4.74 Å². The molecule has 0 aromatic heterocycles. The fourth-order valence-corrected chi connectivity index (χ4v) is 3.51. The standard InChI is InChI=1S/C16H28N2O4/c1-15(2,3)22-14(21)18-8-5-12(13(19)20)11-16(18)6-9-17(4)10-7-16/h12H,5-11H2,1-4H3,(H,19,20). The van der Waals surface area contributed by atoms with Gasteiger partial charge in [-0.15, -0.1) is 0 Å². The van der Waals surface area contributed by atoms with Gasteiger partial charge in [0.2, 0.25) is 0 Å². The summed E-state index contributed by atoms with van der Waals surface area (Å²) in [6, 6.07) is 0. The molecule has 0 aromatic carbocycles. The Balaban J connectivity index is 2.19. The smallest absolute Gasteiger partial charge is 0.410 e. The summed E-state index contributed by atoms with van der Waals surface area (Å²) in [5, 5.41) is 9.37. The normalized spacial score (nSPS) is 26.0. The summed E-state index contributed by atoms with van der Waals surface area (Å²) in [7, 11) is 2.06. The van der Waals surface area contributed by atoms with Gasteiger partial charge in [0.25, 0.3) is 0 Å². The lowest BCUT2D eigenvalue weighted by Gasteiger charge is -2.52. The maximum Gasteiger partial charge on any atom is 0.410 e. The molecule has 22 heavy (non-hydrogen) atoms. The van der Waals surface area contributed by atoms with E-state index < -0.39 is 11.6 Å². The molecule has 2 heterocycles. The van der Waals surface area contributed by atoms with Crippen molar-refractivity contribution >= 4 is 12.1 Å². The van der Waals surface area contributed by atoms with Crippen LogP contribution >= 0.6 is 0 Å². The van der Waals surface area contributed by atoms with Crippen molar-refractivity contribution in [2.45, 2.75) is 57.6 Å². The van der Waals surface area contributed by atoms with Gasteiger partial charge in [0.1, 0.15) is 5.60 Å². The number of ether oxygens (including phenoxy) is 1. The van der Waals surface area contributed by atoms with Crippen molar-refractivity contribution in [1.29, 1.82) is 0 Å². The molecule has 0 aliphatic carbocycles. The largest absolute Gasteiger partial charge is 0.481 e. The second-order valence-corrected chi connectivity index (χ2v) is 7.69. The second-order valence-electron chi connectivity index (χ2n) is 7.69. The van der Waals surface area contributed by atoms with E-state index >= 15 is 0 Å². The Morgan fingerprint density at radius 2 is 1.77 bits per heavy atom. The van der Waals surface area contributed by atoms with Crippen LogP contribution in [0.25, 0.3) is 0 Å². The molecule has 1 atom stereocenters. The van der Waals surface area contributed by atoms with Crippen molar-refractivity contribution in [3.8, 4) is 0 Å². The van der Waals surface area contributed by atoms with Crippen molar-refractivity contribution in [2.24, 2.45) is 5.92 Å². The predicted octanol–water partition coefficient (Wildman–Crippen LogP) is 2.18. The minimum atomic E-state index is -0.748. The first-order valence-electron chi connectivity index (χ1n) is 8.05. The summed E-state index contributed by atoms with van der Waals surface area (Å²) in [4.78, 5) is 28.0. The molecule has 2 aliphatic rings. The van der Waals surface area contributed by atoms with E-state index in [1.54, 1.807) is 0 Å². The number of carbonyl (C=O) groups excluding carboxylic acids is 1. The van der Waals surface area contributed by atoms with Gasteiger partial charge in [0.15, 0.2) is 0 Å². The molecule has 2 rings (SSSR count). The molecule has 1 spiro atoms. The van der Waals surface area contributed by atoms with E-state index in [0.717, 1.165) is 25.9 Å². The van der Waals surface area contributed by atoms with Gasteiger partial charge < -0.3 is 19.6 Å². The number of piperidine rings is 2. The third-order valence-electron chi connectivity index (χ3n) is 4.78. The van der Waals surface area contributed by atoms with Gasteiger partial charge in [0, 0.05) is 25.2 Å². The highest BCUT2D eigenvalue weighted by atomic mass is 16.6. The zero-order chi connectivity index (χ0) is 16.5. The summed E-state index contributed by atoms with van der Waals surface area (Å²) in [6.07, 6.45) is 2.36. The summed E-state index contributed by atoms with van der Waals surface area (Å²) in [5.41, 5.74) is -0.899. The number of hydrogen-bond donors (Lipinski definition) is 1. The molecule has 6 nitrogen and oxygen atoms in total. The third kappa shape index (κ3) is 3.72. The average molecular weight is 312 g/mol. The fraction of sp³-hybridized carbons (Fsp3) is 0.875. The van der Waals surface area contributed by atoms with Crippen LogP contribution in [0.4, 0.5) is 4.79 Å². The minimum absolute atomic E-state index is 0.305. The number of carboxylic acids is 1. The molecule has 1 unspecified atom stereocenters. The number of amides is 1. The third-order valence-corrected chi connectivity index (χ3v) is 4.78. The highest BCUT2D eigenvalue weighted by molar-refractivity contribution is 5.73. The van der Waals surface area contributed by atoms with E-state index in [9.17, 15) is 14.7 Å². The van der Waals surface area contributed by atoms with Gasteiger partial charge in [-0.1, -0.05) is 0 Å². The molecule has 2 fully saturated rings. The van der Waals surface area contributed by atoms with E-state index in [1.165, 1.54) is 0 Å². The molecule has 0 saturated carbocycles. The second kappa shape index (κ2) is 6.07. The summed E-state index contributed by atoms with van der Waals surface area (Å²) < 4.78 is 5.55. The van der Waals surface area contributed by atoms with Crippen LogP contribution in [-0.2, 0) is 9.53 Å². The maximum atomic E-state index is 12.6. The van der Waals surface area contributed by atoms with Crippen molar-refractivity contribution in [3.63, 3.8) is 0 Å². The summed E-state index contributed by atoms with van der Waals surface area (Å²) in [6.45, 7) is 7.80. The summed E-state index contributed by atoms with van der Waals surface area (Å²) >= 11 is 0. The van der Waals surface area contributed by atoms with Crippen molar-refractivity contribution in [2.75, 3.05) is 26.7 Å². The lowest BCUT2D eigenvalue weighted by Crippen LogP contribution is -2.61. The van der Waals surface area contributed by atoms with Crippen molar-refractivity contribution in [1.82, 2.24) is 9.80 Å². The zero-order valence-corrected chi connectivity index (χ0v) is 14.1. The molecule has 1 amide bonds. The SMILES string of the molecule is CN1CCC2(CC1)CC(C(=O)O)CCN2C(=O)OC(C)(C)C. The van der Waals surface area contributed by atoms with Crippen LogP contribution in [0.1, 0.15) is 46.5 Å². The Morgan fingerprint density at radius 3 is 2.27 bits per heavy atom. The molecular weight excluding hydrogens is 284 g/mol. The topological polar surface area (TPSA) is 70.1 Å². The van der Waals surface area contributed by atoms with Gasteiger partial charge in [-0.2, -0.15) is 0 Å². The van der Waals surface area contributed by atoms with E-state index in [2.05, 4.69) is 11.9 Å². The maximum absolute atomic E-state index is 12.6. The molecule has 0 aromatic rings. The Hall–Kier alpha value is -1.30. The van der Waals surface area contributed by atoms with Gasteiger partial charge in [-0.3, -0.25) is 4.79 Å². The van der Waals surface area contributed by atoms with Crippen molar-refractivity contribution < 1.29 is 19.4 Å². The van der Waals surface area contributed by atoms with Crippen LogP contribution < -0.4 is 0 Å². The highest BCUT2D eigenvalue weighted by Crippen LogP contribution is 2.40. The van der Waals surface area contributed by atoms with Gasteiger partial charge in [-0.05, 0) is 53.5 Å². The number of aliphatic carboxylic acids is 1. The molecule has 1 N–H and O–H groups in total. The van der Waals surface area contributed by atoms with E-state index in [0.29, 0.717) is 19.4 Å². The van der Waals surface area contributed by atoms with Crippen LogP contribution in [0.15, 0.2) is 0 Å². The average Bonchev–Trinajstić information content (AvgIpc) is 2.40. The summed E-state index contributed by atoms with van der Waals surface area (Å²) in [5.74, 6) is -1.11. The number of rotatable bonds is 1.